The van der Waals surface area contributed by atoms with Gasteiger partial charge in [-0.25, -0.2) is 0 Å². The fourth-order valence-corrected chi connectivity index (χ4v) is 1.79. The third-order valence-electron chi connectivity index (χ3n) is 2.32. The van der Waals surface area contributed by atoms with E-state index in [0.717, 1.165) is 16.4 Å². The summed E-state index contributed by atoms with van der Waals surface area (Å²) < 4.78 is 1.75. The summed E-state index contributed by atoms with van der Waals surface area (Å²) in [6.45, 7) is 0. The smallest absolute Gasteiger partial charge is 0.101 e. The Hall–Kier alpha value is -1.74. The zero-order chi connectivity index (χ0) is 10.3. The number of benzene rings is 1. The van der Waals surface area contributed by atoms with Crippen LogP contribution >= 0.6 is 11.6 Å². The maximum absolute atomic E-state index is 5.90. The second-order valence-corrected chi connectivity index (χ2v) is 3.72. The molecule has 0 aliphatic heterocycles. The van der Waals surface area contributed by atoms with Gasteiger partial charge in [-0.05, 0) is 24.3 Å². The Morgan fingerprint density at radius 3 is 3.00 bits per heavy atom. The van der Waals surface area contributed by atoms with E-state index in [-0.39, 0.29) is 0 Å². The van der Waals surface area contributed by atoms with E-state index in [1.807, 2.05) is 42.6 Å². The minimum Gasteiger partial charge on any atom is -0.101 e. The van der Waals surface area contributed by atoms with Crippen molar-refractivity contribution in [3.63, 3.8) is 0 Å². The fourth-order valence-electron chi connectivity index (χ4n) is 1.63. The van der Waals surface area contributed by atoms with Crippen LogP contribution in [0, 0.1) is 0 Å². The van der Waals surface area contributed by atoms with Crippen LogP contribution in [0.4, 0.5) is 0 Å². The molecule has 0 aliphatic rings. The molecule has 0 saturated heterocycles. The van der Waals surface area contributed by atoms with E-state index in [9.17, 15) is 0 Å². The van der Waals surface area contributed by atoms with Crippen molar-refractivity contribution in [3.05, 3.63) is 47.6 Å². The summed E-state index contributed by atoms with van der Waals surface area (Å²) in [5.41, 5.74) is 1.84. The van der Waals surface area contributed by atoms with E-state index in [0.29, 0.717) is 5.02 Å². The minimum absolute atomic E-state index is 0.678. The van der Waals surface area contributed by atoms with Gasteiger partial charge in [-0.3, -0.25) is 0 Å². The molecule has 0 radical (unpaired) electrons. The molecule has 3 rings (SSSR count). The molecular formula is C11H7ClN3+. The largest absolute Gasteiger partial charge is 0.216 e. The number of nitrogens with zero attached hydrogens (tertiary/aromatic N) is 3. The molecule has 2 heterocycles. The molecule has 0 fully saturated rings. The summed E-state index contributed by atoms with van der Waals surface area (Å²) in [6, 6.07) is 11.5. The highest BCUT2D eigenvalue weighted by atomic mass is 35.5. The molecule has 0 bridgehead atoms. The number of rotatable bonds is 0. The Bertz CT molecular complexity index is 651. The molecule has 72 valence electrons. The maximum atomic E-state index is 5.90. The number of fused-ring (bicyclic) bond motifs is 3. The lowest BCUT2D eigenvalue weighted by molar-refractivity contribution is -0.586. The van der Waals surface area contributed by atoms with Gasteiger partial charge in [0.2, 0.25) is 5.52 Å². The van der Waals surface area contributed by atoms with Crippen LogP contribution in [0.1, 0.15) is 0 Å². The highest BCUT2D eigenvalue weighted by Gasteiger charge is 2.09. The molecule has 4 heteroatoms. The molecule has 0 N–H and O–H groups in total. The van der Waals surface area contributed by atoms with Crippen molar-refractivity contribution in [1.82, 2.24) is 10.3 Å². The summed E-state index contributed by atoms with van der Waals surface area (Å²) in [5.74, 6) is 0. The standard InChI is InChI=1S/C11H7ClN3/c12-8-4-5-9-10(7-8)13-14-15-6-2-1-3-11(9)15/h1-7H/q+1. The summed E-state index contributed by atoms with van der Waals surface area (Å²) in [7, 11) is 0. The Morgan fingerprint density at radius 1 is 1.13 bits per heavy atom. The average molecular weight is 217 g/mol. The highest BCUT2D eigenvalue weighted by Crippen LogP contribution is 2.18. The molecule has 0 saturated carbocycles. The van der Waals surface area contributed by atoms with Crippen LogP contribution in [0.5, 0.6) is 0 Å². The van der Waals surface area contributed by atoms with Crippen molar-refractivity contribution in [2.45, 2.75) is 0 Å². The van der Waals surface area contributed by atoms with E-state index in [4.69, 9.17) is 11.6 Å². The molecule has 2 aromatic heterocycles. The van der Waals surface area contributed by atoms with Crippen molar-refractivity contribution in [1.29, 1.82) is 0 Å². The molecule has 0 unspecified atom stereocenters. The van der Waals surface area contributed by atoms with Gasteiger partial charge in [0.05, 0.1) is 10.5 Å². The molecule has 3 nitrogen and oxygen atoms in total. The molecule has 0 aliphatic carbocycles. The topological polar surface area (TPSA) is 29.9 Å². The maximum Gasteiger partial charge on any atom is 0.216 e. The number of hydrogen-bond donors (Lipinski definition) is 0. The van der Waals surface area contributed by atoms with Crippen molar-refractivity contribution in [3.8, 4) is 0 Å². The predicted octanol–water partition coefficient (Wildman–Crippen LogP) is 2.02. The Balaban J connectivity index is 2.55. The van der Waals surface area contributed by atoms with E-state index >= 15 is 0 Å². The van der Waals surface area contributed by atoms with Crippen LogP contribution in [0.2, 0.25) is 5.02 Å². The Kier molecular flexibility index (Phi) is 1.79. The fraction of sp³-hybridized carbons (Fsp3) is 0. The van der Waals surface area contributed by atoms with Crippen molar-refractivity contribution in [2.75, 3.05) is 0 Å². The van der Waals surface area contributed by atoms with Gasteiger partial charge in [-0.2, -0.15) is 0 Å². The minimum atomic E-state index is 0.678. The summed E-state index contributed by atoms with van der Waals surface area (Å²) in [4.78, 5) is 0. The van der Waals surface area contributed by atoms with Gasteiger partial charge >= 0.3 is 0 Å². The van der Waals surface area contributed by atoms with Crippen molar-refractivity contribution >= 4 is 28.0 Å². The average Bonchev–Trinajstić information content (AvgIpc) is 2.28. The van der Waals surface area contributed by atoms with Crippen LogP contribution in [-0.4, -0.2) is 10.3 Å². The molecule has 0 amide bonds. The lowest BCUT2D eigenvalue weighted by Crippen LogP contribution is -2.27. The molecule has 1 aromatic carbocycles. The van der Waals surface area contributed by atoms with Gasteiger partial charge in [0, 0.05) is 11.1 Å². The quantitative estimate of drug-likeness (QED) is 0.425. The van der Waals surface area contributed by atoms with Crippen molar-refractivity contribution < 1.29 is 4.52 Å². The van der Waals surface area contributed by atoms with Gasteiger partial charge in [0.25, 0.3) is 0 Å². The third kappa shape index (κ3) is 1.32. The zero-order valence-electron chi connectivity index (χ0n) is 7.76. The van der Waals surface area contributed by atoms with Gasteiger partial charge in [0.15, 0.2) is 5.52 Å². The Labute approximate surface area is 90.9 Å². The summed E-state index contributed by atoms with van der Waals surface area (Å²) >= 11 is 5.90. The monoisotopic (exact) mass is 216 g/mol. The molecule has 15 heavy (non-hydrogen) atoms. The number of pyridine rings is 1. The number of halogens is 1. The van der Waals surface area contributed by atoms with Gasteiger partial charge in [0.1, 0.15) is 11.4 Å². The van der Waals surface area contributed by atoms with Crippen LogP contribution < -0.4 is 4.52 Å². The zero-order valence-corrected chi connectivity index (χ0v) is 8.52. The Morgan fingerprint density at radius 2 is 2.07 bits per heavy atom. The number of aromatic nitrogens is 3. The van der Waals surface area contributed by atoms with E-state index < -0.39 is 0 Å². The lowest BCUT2D eigenvalue weighted by atomic mass is 10.2. The predicted molar refractivity (Wildman–Crippen MR) is 57.7 cm³/mol. The first-order valence-corrected chi connectivity index (χ1v) is 4.95. The first-order chi connectivity index (χ1) is 7.34. The van der Waals surface area contributed by atoms with Crippen LogP contribution in [0.25, 0.3) is 16.4 Å². The first-order valence-electron chi connectivity index (χ1n) is 4.57. The van der Waals surface area contributed by atoms with Crippen LogP contribution in [-0.2, 0) is 0 Å². The van der Waals surface area contributed by atoms with Crippen LogP contribution in [0.15, 0.2) is 42.6 Å². The number of hydrogen-bond acceptors (Lipinski definition) is 2. The normalized spacial score (nSPS) is 11.0. The van der Waals surface area contributed by atoms with Gasteiger partial charge in [-0.15, -0.1) is 4.52 Å². The van der Waals surface area contributed by atoms with Crippen LogP contribution in [0.3, 0.4) is 0 Å². The SMILES string of the molecule is Clc1ccc2c(c1)nn[n+]1ccccc21. The van der Waals surface area contributed by atoms with E-state index in [1.54, 1.807) is 4.52 Å². The van der Waals surface area contributed by atoms with Gasteiger partial charge in [-0.1, -0.05) is 17.7 Å². The summed E-state index contributed by atoms with van der Waals surface area (Å²) in [6.07, 6.45) is 1.87. The van der Waals surface area contributed by atoms with E-state index in [1.165, 1.54) is 0 Å². The second kappa shape index (κ2) is 3.14. The van der Waals surface area contributed by atoms with Crippen molar-refractivity contribution in [2.24, 2.45) is 0 Å². The third-order valence-corrected chi connectivity index (χ3v) is 2.56. The molecular weight excluding hydrogens is 210 g/mol. The molecule has 0 spiro atoms. The molecule has 0 atom stereocenters. The van der Waals surface area contributed by atoms with E-state index in [2.05, 4.69) is 10.3 Å². The second-order valence-electron chi connectivity index (χ2n) is 3.28. The lowest BCUT2D eigenvalue weighted by Gasteiger charge is -1.94. The first kappa shape index (κ1) is 8.56. The highest BCUT2D eigenvalue weighted by molar-refractivity contribution is 6.31. The van der Waals surface area contributed by atoms with Gasteiger partial charge < -0.3 is 0 Å². The molecule has 3 aromatic rings. The summed E-state index contributed by atoms with van der Waals surface area (Å²) in [5, 5.41) is 9.89.